The van der Waals surface area contributed by atoms with E-state index in [1.54, 1.807) is 0 Å². The molecular formula is C8H14O2. The van der Waals surface area contributed by atoms with Crippen molar-refractivity contribution < 1.29 is 9.53 Å². The van der Waals surface area contributed by atoms with E-state index in [4.69, 9.17) is 4.74 Å². The molecule has 1 saturated carbocycles. The molecule has 0 aromatic carbocycles. The topological polar surface area (TPSA) is 26.3 Å². The summed E-state index contributed by atoms with van der Waals surface area (Å²) in [6.45, 7) is 4.53. The third-order valence-electron chi connectivity index (χ3n) is 2.01. The number of ether oxygens (including phenoxy) is 1. The number of hydrogen-bond acceptors (Lipinski definition) is 2. The number of carbonyl (C=O) groups excluding carboxylic acids is 1. The molecule has 1 rings (SSSR count). The maximum absolute atomic E-state index is 10.8. The van der Waals surface area contributed by atoms with Gasteiger partial charge < -0.3 is 4.74 Å². The summed E-state index contributed by atoms with van der Waals surface area (Å²) in [5, 5.41) is 0. The van der Waals surface area contributed by atoms with Crippen molar-refractivity contribution in [2.45, 2.75) is 26.7 Å². The average Bonchev–Trinajstić information content (AvgIpc) is 2.47. The molecule has 0 spiro atoms. The zero-order valence-corrected chi connectivity index (χ0v) is 6.59. The third-order valence-corrected chi connectivity index (χ3v) is 2.01. The molecular weight excluding hydrogens is 128 g/mol. The molecule has 0 N–H and O–H groups in total. The summed E-state index contributed by atoms with van der Waals surface area (Å²) in [6.07, 6.45) is 1.84. The van der Waals surface area contributed by atoms with Gasteiger partial charge in [0.15, 0.2) is 0 Å². The molecule has 2 heteroatoms. The van der Waals surface area contributed by atoms with Crippen LogP contribution in [0.2, 0.25) is 0 Å². The highest BCUT2D eigenvalue weighted by atomic mass is 16.5. The van der Waals surface area contributed by atoms with Gasteiger partial charge in [-0.05, 0) is 25.2 Å². The second kappa shape index (κ2) is 3.04. The van der Waals surface area contributed by atoms with Gasteiger partial charge in [-0.2, -0.15) is 0 Å². The van der Waals surface area contributed by atoms with Crippen molar-refractivity contribution in [1.82, 2.24) is 0 Å². The Hall–Kier alpha value is -0.530. The lowest BCUT2D eigenvalue weighted by Gasteiger charge is -1.98. The summed E-state index contributed by atoms with van der Waals surface area (Å²) < 4.78 is 4.80. The lowest BCUT2D eigenvalue weighted by atomic mass is 10.2. The second-order valence-electron chi connectivity index (χ2n) is 2.98. The standard InChI is InChI=1S/C8H14O2/c1-3-10-8(9)5-7-4-6(7)2/h6-7H,3-5H2,1-2H3/t6-,7+/m0/s1. The highest BCUT2D eigenvalue weighted by molar-refractivity contribution is 5.70. The zero-order valence-electron chi connectivity index (χ0n) is 6.59. The Kier molecular flexibility index (Phi) is 2.30. The van der Waals surface area contributed by atoms with Crippen molar-refractivity contribution in [2.75, 3.05) is 6.61 Å². The van der Waals surface area contributed by atoms with Gasteiger partial charge in [0.1, 0.15) is 0 Å². The molecule has 10 heavy (non-hydrogen) atoms. The van der Waals surface area contributed by atoms with Gasteiger partial charge in [-0.3, -0.25) is 4.79 Å². The Morgan fingerprint density at radius 1 is 1.70 bits per heavy atom. The highest BCUT2D eigenvalue weighted by Gasteiger charge is 2.34. The molecule has 0 aromatic rings. The van der Waals surface area contributed by atoms with Gasteiger partial charge in [-0.15, -0.1) is 0 Å². The molecule has 58 valence electrons. The molecule has 0 radical (unpaired) electrons. The highest BCUT2D eigenvalue weighted by Crippen LogP contribution is 2.40. The van der Waals surface area contributed by atoms with Crippen LogP contribution in [-0.4, -0.2) is 12.6 Å². The third kappa shape index (κ3) is 2.01. The summed E-state index contributed by atoms with van der Waals surface area (Å²) in [5.41, 5.74) is 0. The van der Waals surface area contributed by atoms with Crippen LogP contribution in [-0.2, 0) is 9.53 Å². The van der Waals surface area contributed by atoms with Gasteiger partial charge in [0.25, 0.3) is 0 Å². The minimum Gasteiger partial charge on any atom is -0.466 e. The number of esters is 1. The zero-order chi connectivity index (χ0) is 7.56. The molecule has 1 aliphatic rings. The quantitative estimate of drug-likeness (QED) is 0.559. The Morgan fingerprint density at radius 2 is 2.30 bits per heavy atom. The Morgan fingerprint density at radius 3 is 2.70 bits per heavy atom. The van der Waals surface area contributed by atoms with E-state index >= 15 is 0 Å². The molecule has 0 aliphatic heterocycles. The van der Waals surface area contributed by atoms with E-state index in [1.165, 1.54) is 6.42 Å². The van der Waals surface area contributed by atoms with E-state index in [1.807, 2.05) is 6.92 Å². The first kappa shape index (κ1) is 7.58. The largest absolute Gasteiger partial charge is 0.466 e. The van der Waals surface area contributed by atoms with Gasteiger partial charge in [0.05, 0.1) is 6.61 Å². The predicted octanol–water partition coefficient (Wildman–Crippen LogP) is 1.60. The van der Waals surface area contributed by atoms with Crippen molar-refractivity contribution in [3.05, 3.63) is 0 Å². The van der Waals surface area contributed by atoms with E-state index in [2.05, 4.69) is 6.92 Å². The lowest BCUT2D eigenvalue weighted by molar-refractivity contribution is -0.143. The Balaban J connectivity index is 2.07. The van der Waals surface area contributed by atoms with Crippen LogP contribution in [0.1, 0.15) is 26.7 Å². The molecule has 0 unspecified atom stereocenters. The monoisotopic (exact) mass is 142 g/mol. The van der Waals surface area contributed by atoms with Crippen LogP contribution in [0.15, 0.2) is 0 Å². The van der Waals surface area contributed by atoms with Gasteiger partial charge in [0, 0.05) is 6.42 Å². The van der Waals surface area contributed by atoms with E-state index in [-0.39, 0.29) is 5.97 Å². The van der Waals surface area contributed by atoms with Crippen molar-refractivity contribution in [3.63, 3.8) is 0 Å². The van der Waals surface area contributed by atoms with Gasteiger partial charge in [-0.25, -0.2) is 0 Å². The summed E-state index contributed by atoms with van der Waals surface area (Å²) in [4.78, 5) is 10.8. The minimum atomic E-state index is -0.0307. The van der Waals surface area contributed by atoms with Gasteiger partial charge in [0.2, 0.25) is 0 Å². The van der Waals surface area contributed by atoms with Crippen molar-refractivity contribution in [1.29, 1.82) is 0 Å². The van der Waals surface area contributed by atoms with Gasteiger partial charge >= 0.3 is 5.97 Å². The fraction of sp³-hybridized carbons (Fsp3) is 0.875. The van der Waals surface area contributed by atoms with Crippen molar-refractivity contribution in [3.8, 4) is 0 Å². The molecule has 0 aromatic heterocycles. The molecule has 1 aliphatic carbocycles. The minimum absolute atomic E-state index is 0.0307. The maximum Gasteiger partial charge on any atom is 0.306 e. The van der Waals surface area contributed by atoms with Crippen LogP contribution in [0, 0.1) is 11.8 Å². The summed E-state index contributed by atoms with van der Waals surface area (Å²) in [7, 11) is 0. The van der Waals surface area contributed by atoms with E-state index in [0.717, 1.165) is 5.92 Å². The summed E-state index contributed by atoms with van der Waals surface area (Å²) in [5.74, 6) is 1.35. The number of rotatable bonds is 3. The van der Waals surface area contributed by atoms with Crippen LogP contribution in [0.3, 0.4) is 0 Å². The smallest absolute Gasteiger partial charge is 0.306 e. The maximum atomic E-state index is 10.8. The molecule has 0 amide bonds. The molecule has 2 atom stereocenters. The van der Waals surface area contributed by atoms with Crippen LogP contribution in [0.4, 0.5) is 0 Å². The van der Waals surface area contributed by atoms with Crippen LogP contribution >= 0.6 is 0 Å². The van der Waals surface area contributed by atoms with Crippen molar-refractivity contribution >= 4 is 5.97 Å². The van der Waals surface area contributed by atoms with Crippen LogP contribution in [0.25, 0.3) is 0 Å². The van der Waals surface area contributed by atoms with Crippen LogP contribution in [0.5, 0.6) is 0 Å². The second-order valence-corrected chi connectivity index (χ2v) is 2.98. The fourth-order valence-corrected chi connectivity index (χ4v) is 1.12. The van der Waals surface area contributed by atoms with E-state index in [9.17, 15) is 4.79 Å². The molecule has 1 fully saturated rings. The predicted molar refractivity (Wildman–Crippen MR) is 38.5 cm³/mol. The summed E-state index contributed by atoms with van der Waals surface area (Å²) >= 11 is 0. The van der Waals surface area contributed by atoms with Gasteiger partial charge in [-0.1, -0.05) is 6.92 Å². The van der Waals surface area contributed by atoms with E-state index in [0.29, 0.717) is 18.9 Å². The SMILES string of the molecule is CCOC(=O)C[C@H]1C[C@@H]1C. The molecule has 0 heterocycles. The fourth-order valence-electron chi connectivity index (χ4n) is 1.12. The molecule has 2 nitrogen and oxygen atoms in total. The summed E-state index contributed by atoms with van der Waals surface area (Å²) in [6, 6.07) is 0. The first-order valence-electron chi connectivity index (χ1n) is 3.89. The van der Waals surface area contributed by atoms with E-state index < -0.39 is 0 Å². The normalized spacial score (nSPS) is 29.8. The number of carbonyl (C=O) groups is 1. The number of hydrogen-bond donors (Lipinski definition) is 0. The Labute approximate surface area is 61.6 Å². The Bertz CT molecular complexity index is 131. The lowest BCUT2D eigenvalue weighted by Crippen LogP contribution is -2.04. The molecule has 0 bridgehead atoms. The van der Waals surface area contributed by atoms with Crippen molar-refractivity contribution in [2.24, 2.45) is 11.8 Å². The van der Waals surface area contributed by atoms with Crippen LogP contribution < -0.4 is 0 Å². The first-order chi connectivity index (χ1) is 4.74. The first-order valence-corrected chi connectivity index (χ1v) is 3.89. The average molecular weight is 142 g/mol. The molecule has 0 saturated heterocycles.